The number of hydrogen-bond acceptors (Lipinski definition) is 5. The summed E-state index contributed by atoms with van der Waals surface area (Å²) in [5.41, 5.74) is 5.28. The van der Waals surface area contributed by atoms with Crippen molar-refractivity contribution >= 4 is 33.3 Å². The molecule has 1 atom stereocenters. The predicted molar refractivity (Wildman–Crippen MR) is 80.7 cm³/mol. The van der Waals surface area contributed by atoms with Crippen molar-refractivity contribution in [2.45, 2.75) is 12.5 Å². The highest BCUT2D eigenvalue weighted by Gasteiger charge is 2.28. The molecule has 0 radical (unpaired) electrons. The number of carbonyl (C=O) groups is 2. The van der Waals surface area contributed by atoms with Crippen LogP contribution in [-0.4, -0.2) is 44.4 Å². The second-order valence-corrected chi connectivity index (χ2v) is 7.63. The lowest BCUT2D eigenvalue weighted by molar-refractivity contribution is -0.123. The zero-order chi connectivity index (χ0) is 16.3. The summed E-state index contributed by atoms with van der Waals surface area (Å²) in [5.74, 6) is -1.04. The van der Waals surface area contributed by atoms with Crippen molar-refractivity contribution in [2.24, 2.45) is 5.73 Å². The first-order valence-corrected chi connectivity index (χ1v) is 8.69. The monoisotopic (exact) mass is 346 g/mol. The number of nitrogens with one attached hydrogen (secondary N) is 1. The molecule has 1 aliphatic heterocycles. The van der Waals surface area contributed by atoms with Crippen LogP contribution < -0.4 is 15.8 Å². The van der Waals surface area contributed by atoms with Crippen LogP contribution in [0.4, 0.5) is 0 Å². The van der Waals surface area contributed by atoms with Gasteiger partial charge in [-0.1, -0.05) is 11.6 Å². The van der Waals surface area contributed by atoms with Crippen molar-refractivity contribution in [3.63, 3.8) is 0 Å². The van der Waals surface area contributed by atoms with E-state index in [0.717, 1.165) is 0 Å². The molecule has 1 saturated heterocycles. The van der Waals surface area contributed by atoms with Gasteiger partial charge >= 0.3 is 0 Å². The van der Waals surface area contributed by atoms with E-state index in [0.29, 0.717) is 11.4 Å². The first kappa shape index (κ1) is 16.6. The minimum absolute atomic E-state index is 0.0633. The largest absolute Gasteiger partial charge is 0.483 e. The van der Waals surface area contributed by atoms with Crippen LogP contribution in [0.2, 0.25) is 5.02 Å². The Bertz CT molecular complexity index is 704. The molecule has 120 valence electrons. The van der Waals surface area contributed by atoms with Crippen LogP contribution in [-0.2, 0) is 14.6 Å². The normalized spacial score (nSPS) is 19.6. The number of halogens is 1. The number of ether oxygens (including phenoxy) is 1. The van der Waals surface area contributed by atoms with Gasteiger partial charge < -0.3 is 15.8 Å². The van der Waals surface area contributed by atoms with E-state index in [-0.39, 0.29) is 29.4 Å². The van der Waals surface area contributed by atoms with Crippen LogP contribution in [0.5, 0.6) is 5.75 Å². The molecule has 1 heterocycles. The maximum Gasteiger partial charge on any atom is 0.258 e. The quantitative estimate of drug-likeness (QED) is 0.785. The molecule has 0 bridgehead atoms. The molecule has 0 aliphatic carbocycles. The van der Waals surface area contributed by atoms with E-state index < -0.39 is 27.7 Å². The van der Waals surface area contributed by atoms with Gasteiger partial charge in [0, 0.05) is 11.1 Å². The van der Waals surface area contributed by atoms with Crippen molar-refractivity contribution < 1.29 is 22.7 Å². The molecule has 2 amide bonds. The van der Waals surface area contributed by atoms with Gasteiger partial charge in [-0.15, -0.1) is 0 Å². The van der Waals surface area contributed by atoms with Gasteiger partial charge in [0.2, 0.25) is 0 Å². The summed E-state index contributed by atoms with van der Waals surface area (Å²) in [6, 6.07) is 3.89. The second kappa shape index (κ2) is 6.53. The van der Waals surface area contributed by atoms with Crippen LogP contribution in [0.15, 0.2) is 18.2 Å². The number of benzene rings is 1. The molecule has 0 spiro atoms. The Kier molecular flexibility index (Phi) is 4.92. The van der Waals surface area contributed by atoms with E-state index in [9.17, 15) is 18.0 Å². The van der Waals surface area contributed by atoms with E-state index in [1.807, 2.05) is 0 Å². The van der Waals surface area contributed by atoms with Gasteiger partial charge in [0.1, 0.15) is 5.75 Å². The molecule has 0 aromatic heterocycles. The summed E-state index contributed by atoms with van der Waals surface area (Å²) in [6.45, 7) is -0.349. The van der Waals surface area contributed by atoms with Gasteiger partial charge in [0.05, 0.1) is 17.1 Å². The second-order valence-electron chi connectivity index (χ2n) is 4.96. The summed E-state index contributed by atoms with van der Waals surface area (Å²) in [5, 5.41) is 2.90. The van der Waals surface area contributed by atoms with Gasteiger partial charge in [-0.3, -0.25) is 9.59 Å². The Hall–Kier alpha value is -1.80. The first-order chi connectivity index (χ1) is 10.3. The van der Waals surface area contributed by atoms with Crippen molar-refractivity contribution in [1.29, 1.82) is 0 Å². The fourth-order valence-corrected chi connectivity index (χ4v) is 3.99. The van der Waals surface area contributed by atoms with Crippen LogP contribution in [0, 0.1) is 0 Å². The molecule has 1 aliphatic rings. The molecular formula is C13H15ClN2O5S. The van der Waals surface area contributed by atoms with Crippen molar-refractivity contribution in [1.82, 2.24) is 5.32 Å². The van der Waals surface area contributed by atoms with E-state index in [1.54, 1.807) is 0 Å². The third-order valence-electron chi connectivity index (χ3n) is 3.16. The predicted octanol–water partition coefficient (Wildman–Crippen LogP) is 0.121. The molecule has 2 rings (SSSR count). The standard InChI is InChI=1S/C13H15ClN2O5S/c14-8-1-2-11(10(5-8)13(15)18)21-6-12(17)16-9-3-4-22(19,20)7-9/h1-2,5,9H,3-4,6-7H2,(H2,15,18)(H,16,17)/t9-/m1/s1. The van der Waals surface area contributed by atoms with Crippen molar-refractivity contribution in [3.05, 3.63) is 28.8 Å². The molecule has 9 heteroatoms. The Labute approximate surface area is 132 Å². The third-order valence-corrected chi connectivity index (χ3v) is 5.17. The Morgan fingerprint density at radius 2 is 2.14 bits per heavy atom. The number of primary amides is 1. The average molecular weight is 347 g/mol. The summed E-state index contributed by atoms with van der Waals surface area (Å²) < 4.78 is 27.9. The van der Waals surface area contributed by atoms with Gasteiger partial charge in [-0.2, -0.15) is 0 Å². The zero-order valence-corrected chi connectivity index (χ0v) is 13.1. The highest BCUT2D eigenvalue weighted by atomic mass is 35.5. The summed E-state index contributed by atoms with van der Waals surface area (Å²) in [4.78, 5) is 23.0. The Balaban J connectivity index is 1.93. The molecule has 22 heavy (non-hydrogen) atoms. The average Bonchev–Trinajstić information content (AvgIpc) is 2.76. The molecule has 1 fully saturated rings. The lowest BCUT2D eigenvalue weighted by Gasteiger charge is -2.13. The maximum atomic E-state index is 11.8. The van der Waals surface area contributed by atoms with E-state index in [4.69, 9.17) is 22.1 Å². The van der Waals surface area contributed by atoms with Crippen LogP contribution in [0.3, 0.4) is 0 Å². The van der Waals surface area contributed by atoms with E-state index in [2.05, 4.69) is 5.32 Å². The fourth-order valence-electron chi connectivity index (χ4n) is 2.14. The lowest BCUT2D eigenvalue weighted by atomic mass is 10.2. The zero-order valence-electron chi connectivity index (χ0n) is 11.5. The minimum atomic E-state index is -3.06. The molecular weight excluding hydrogens is 332 g/mol. The number of nitrogens with two attached hydrogens (primary N) is 1. The Morgan fingerprint density at radius 1 is 1.41 bits per heavy atom. The number of amides is 2. The Morgan fingerprint density at radius 3 is 2.73 bits per heavy atom. The van der Waals surface area contributed by atoms with E-state index >= 15 is 0 Å². The smallest absolute Gasteiger partial charge is 0.258 e. The topological polar surface area (TPSA) is 116 Å². The maximum absolute atomic E-state index is 11.8. The summed E-state index contributed by atoms with van der Waals surface area (Å²) >= 11 is 5.76. The summed E-state index contributed by atoms with van der Waals surface area (Å²) in [6.07, 6.45) is 0.390. The van der Waals surface area contributed by atoms with Crippen molar-refractivity contribution in [2.75, 3.05) is 18.1 Å². The highest BCUT2D eigenvalue weighted by molar-refractivity contribution is 7.91. The SMILES string of the molecule is NC(=O)c1cc(Cl)ccc1OCC(=O)N[C@@H]1CCS(=O)(=O)C1. The van der Waals surface area contributed by atoms with Gasteiger partial charge in [0.15, 0.2) is 16.4 Å². The van der Waals surface area contributed by atoms with Crippen molar-refractivity contribution in [3.8, 4) is 5.75 Å². The number of carbonyl (C=O) groups excluding carboxylic acids is 2. The number of rotatable bonds is 5. The number of sulfone groups is 1. The lowest BCUT2D eigenvalue weighted by Crippen LogP contribution is -2.38. The summed E-state index contributed by atoms with van der Waals surface area (Å²) in [7, 11) is -3.06. The molecule has 1 aromatic rings. The molecule has 1 aromatic carbocycles. The van der Waals surface area contributed by atoms with Crippen LogP contribution in [0.25, 0.3) is 0 Å². The van der Waals surface area contributed by atoms with E-state index in [1.165, 1.54) is 18.2 Å². The number of hydrogen-bond donors (Lipinski definition) is 2. The minimum Gasteiger partial charge on any atom is -0.483 e. The van der Waals surface area contributed by atoms with Crippen LogP contribution >= 0.6 is 11.6 Å². The molecule has 0 unspecified atom stereocenters. The molecule has 0 saturated carbocycles. The van der Waals surface area contributed by atoms with Gasteiger partial charge in [0.25, 0.3) is 11.8 Å². The third kappa shape index (κ3) is 4.35. The van der Waals surface area contributed by atoms with Gasteiger partial charge in [-0.25, -0.2) is 8.42 Å². The van der Waals surface area contributed by atoms with Crippen LogP contribution in [0.1, 0.15) is 16.8 Å². The molecule has 7 nitrogen and oxygen atoms in total. The first-order valence-electron chi connectivity index (χ1n) is 6.49. The fraction of sp³-hybridized carbons (Fsp3) is 0.385. The highest BCUT2D eigenvalue weighted by Crippen LogP contribution is 2.22. The van der Waals surface area contributed by atoms with Gasteiger partial charge in [-0.05, 0) is 24.6 Å². The molecule has 3 N–H and O–H groups in total.